The number of carbonyl (C=O) groups excluding carboxylic acids is 1. The summed E-state index contributed by atoms with van der Waals surface area (Å²) in [5, 5.41) is 2.85. The molecule has 1 N–H and O–H groups in total. The van der Waals surface area contributed by atoms with E-state index in [1.807, 2.05) is 30.3 Å². The zero-order valence-electron chi connectivity index (χ0n) is 14.6. The van der Waals surface area contributed by atoms with Gasteiger partial charge in [0.05, 0.1) is 5.02 Å². The van der Waals surface area contributed by atoms with Crippen molar-refractivity contribution >= 4 is 45.0 Å². The lowest BCUT2D eigenvalue weighted by atomic mass is 10.3. The van der Waals surface area contributed by atoms with Gasteiger partial charge in [-0.2, -0.15) is 0 Å². The topological polar surface area (TPSA) is 66.5 Å². The highest BCUT2D eigenvalue weighted by atomic mass is 35.5. The summed E-state index contributed by atoms with van der Waals surface area (Å²) in [5.41, 5.74) is 0.413. The lowest BCUT2D eigenvalue weighted by Crippen LogP contribution is -2.23. The van der Waals surface area contributed by atoms with Crippen molar-refractivity contribution in [3.8, 4) is 0 Å². The van der Waals surface area contributed by atoms with Crippen LogP contribution in [0.3, 0.4) is 0 Å². The summed E-state index contributed by atoms with van der Waals surface area (Å²) in [6.45, 7) is 0. The van der Waals surface area contributed by atoms with E-state index in [4.69, 9.17) is 11.6 Å². The molecule has 0 fully saturated rings. The molecule has 0 aliphatic rings. The molecule has 2 aromatic rings. The van der Waals surface area contributed by atoms with E-state index in [0.29, 0.717) is 12.1 Å². The molecule has 0 saturated heterocycles. The van der Waals surface area contributed by atoms with Gasteiger partial charge in [-0.3, -0.25) is 4.79 Å². The largest absolute Gasteiger partial charge is 0.326 e. The second-order valence-electron chi connectivity index (χ2n) is 5.75. The molecule has 0 aliphatic carbocycles. The van der Waals surface area contributed by atoms with Crippen molar-refractivity contribution in [2.45, 2.75) is 22.6 Å². The van der Waals surface area contributed by atoms with Crippen molar-refractivity contribution in [3.63, 3.8) is 0 Å². The fourth-order valence-corrected chi connectivity index (χ4v) is 4.41. The number of nitrogens with zero attached hydrogens (tertiary/aromatic N) is 1. The Morgan fingerprint density at radius 2 is 1.85 bits per heavy atom. The van der Waals surface area contributed by atoms with E-state index < -0.39 is 10.0 Å². The highest BCUT2D eigenvalue weighted by Crippen LogP contribution is 2.27. The highest BCUT2D eigenvalue weighted by Gasteiger charge is 2.21. The van der Waals surface area contributed by atoms with Crippen LogP contribution in [-0.2, 0) is 14.8 Å². The fourth-order valence-electron chi connectivity index (χ4n) is 2.14. The van der Waals surface area contributed by atoms with E-state index in [-0.39, 0.29) is 15.8 Å². The van der Waals surface area contributed by atoms with Crippen LogP contribution in [0.4, 0.5) is 5.69 Å². The van der Waals surface area contributed by atoms with Gasteiger partial charge in [0, 0.05) is 31.1 Å². The van der Waals surface area contributed by atoms with E-state index in [1.165, 1.54) is 31.1 Å². The summed E-state index contributed by atoms with van der Waals surface area (Å²) in [6.07, 6.45) is 1.08. The zero-order valence-corrected chi connectivity index (χ0v) is 17.0. The number of sulfonamides is 1. The maximum absolute atomic E-state index is 12.3. The second kappa shape index (κ2) is 9.41. The average Bonchev–Trinajstić information content (AvgIpc) is 2.61. The Balaban J connectivity index is 1.91. The maximum atomic E-state index is 12.3. The third-order valence-electron chi connectivity index (χ3n) is 3.53. The predicted molar refractivity (Wildman–Crippen MR) is 107 cm³/mol. The first-order chi connectivity index (χ1) is 12.3. The van der Waals surface area contributed by atoms with E-state index in [9.17, 15) is 13.2 Å². The minimum atomic E-state index is -3.67. The Kier molecular flexibility index (Phi) is 7.52. The molecule has 2 aromatic carbocycles. The summed E-state index contributed by atoms with van der Waals surface area (Å²) in [5.74, 6) is 0.673. The van der Waals surface area contributed by atoms with Crippen LogP contribution in [0.2, 0.25) is 5.02 Å². The number of thioether (sulfide) groups is 1. The Morgan fingerprint density at radius 1 is 1.15 bits per heavy atom. The number of rotatable bonds is 8. The molecular formula is C18H21ClN2O3S2. The maximum Gasteiger partial charge on any atom is 0.244 e. The number of hydrogen-bond donors (Lipinski definition) is 1. The molecule has 0 saturated carbocycles. The van der Waals surface area contributed by atoms with E-state index in [2.05, 4.69) is 5.32 Å². The lowest BCUT2D eigenvalue weighted by molar-refractivity contribution is -0.116. The first-order valence-corrected chi connectivity index (χ1v) is 10.8. The summed E-state index contributed by atoms with van der Waals surface area (Å²) < 4.78 is 25.6. The van der Waals surface area contributed by atoms with Gasteiger partial charge in [0.1, 0.15) is 4.90 Å². The number of amides is 1. The quantitative estimate of drug-likeness (QED) is 0.523. The number of benzene rings is 2. The second-order valence-corrected chi connectivity index (χ2v) is 9.44. The van der Waals surface area contributed by atoms with Gasteiger partial charge < -0.3 is 5.32 Å². The number of anilines is 1. The van der Waals surface area contributed by atoms with Crippen LogP contribution in [0.25, 0.3) is 0 Å². The molecule has 1 amide bonds. The van der Waals surface area contributed by atoms with Crippen molar-refractivity contribution in [3.05, 3.63) is 53.6 Å². The summed E-state index contributed by atoms with van der Waals surface area (Å²) >= 11 is 7.70. The summed E-state index contributed by atoms with van der Waals surface area (Å²) in [6, 6.07) is 14.4. The monoisotopic (exact) mass is 412 g/mol. The number of nitrogens with one attached hydrogen (secondary N) is 1. The molecule has 0 atom stereocenters. The zero-order chi connectivity index (χ0) is 19.2. The van der Waals surface area contributed by atoms with Crippen molar-refractivity contribution in [2.75, 3.05) is 25.2 Å². The van der Waals surface area contributed by atoms with Crippen LogP contribution in [0.15, 0.2) is 58.3 Å². The normalized spacial score (nSPS) is 11.5. The van der Waals surface area contributed by atoms with Crippen LogP contribution in [0.1, 0.15) is 12.8 Å². The molecule has 140 valence electrons. The first-order valence-electron chi connectivity index (χ1n) is 8.00. The van der Waals surface area contributed by atoms with Gasteiger partial charge in [0.2, 0.25) is 15.9 Å². The fraction of sp³-hybridized carbons (Fsp3) is 0.278. The van der Waals surface area contributed by atoms with Crippen molar-refractivity contribution < 1.29 is 13.2 Å². The van der Waals surface area contributed by atoms with E-state index >= 15 is 0 Å². The van der Waals surface area contributed by atoms with Gasteiger partial charge in [-0.15, -0.1) is 11.8 Å². The van der Waals surface area contributed by atoms with E-state index in [1.54, 1.807) is 17.8 Å². The highest BCUT2D eigenvalue weighted by molar-refractivity contribution is 7.99. The summed E-state index contributed by atoms with van der Waals surface area (Å²) in [4.78, 5) is 13.2. The smallest absolute Gasteiger partial charge is 0.244 e. The van der Waals surface area contributed by atoms with E-state index in [0.717, 1.165) is 16.5 Å². The standard InChI is InChI=1S/C18H21ClN2O3S2/c1-21(2)26(23,24)17-13-14(10-11-16(17)19)20-18(22)9-6-12-25-15-7-4-3-5-8-15/h3-5,7-8,10-11,13H,6,9,12H2,1-2H3,(H,20,22). The minimum Gasteiger partial charge on any atom is -0.326 e. The van der Waals surface area contributed by atoms with Crippen molar-refractivity contribution in [1.82, 2.24) is 4.31 Å². The van der Waals surface area contributed by atoms with Gasteiger partial charge in [-0.05, 0) is 42.5 Å². The molecule has 0 bridgehead atoms. The Morgan fingerprint density at radius 3 is 2.50 bits per heavy atom. The molecular weight excluding hydrogens is 392 g/mol. The molecule has 0 spiro atoms. The minimum absolute atomic E-state index is 0.0263. The molecule has 0 heterocycles. The Bertz CT molecular complexity index is 856. The number of carbonyl (C=O) groups is 1. The molecule has 2 rings (SSSR count). The Labute approximate surface area is 163 Å². The molecule has 0 radical (unpaired) electrons. The average molecular weight is 413 g/mol. The van der Waals surface area contributed by atoms with Gasteiger partial charge >= 0.3 is 0 Å². The van der Waals surface area contributed by atoms with Gasteiger partial charge in [0.15, 0.2) is 0 Å². The third kappa shape index (κ3) is 5.74. The SMILES string of the molecule is CN(C)S(=O)(=O)c1cc(NC(=O)CCCSc2ccccc2)ccc1Cl. The number of halogens is 1. The van der Waals surface area contributed by atoms with Crippen LogP contribution in [-0.4, -0.2) is 38.5 Å². The third-order valence-corrected chi connectivity index (χ3v) is 6.93. The summed E-state index contributed by atoms with van der Waals surface area (Å²) in [7, 11) is -0.807. The van der Waals surface area contributed by atoms with Crippen molar-refractivity contribution in [2.24, 2.45) is 0 Å². The molecule has 0 unspecified atom stereocenters. The molecule has 26 heavy (non-hydrogen) atoms. The van der Waals surface area contributed by atoms with Gasteiger partial charge in [-0.1, -0.05) is 29.8 Å². The van der Waals surface area contributed by atoms with Crippen molar-refractivity contribution in [1.29, 1.82) is 0 Å². The molecule has 5 nitrogen and oxygen atoms in total. The van der Waals surface area contributed by atoms with Crippen LogP contribution in [0.5, 0.6) is 0 Å². The Hall–Kier alpha value is -1.54. The molecule has 0 aliphatic heterocycles. The first kappa shape index (κ1) is 20.8. The van der Waals surface area contributed by atoms with Gasteiger partial charge in [0.25, 0.3) is 0 Å². The van der Waals surface area contributed by atoms with Crippen LogP contribution in [0, 0.1) is 0 Å². The predicted octanol–water partition coefficient (Wildman–Crippen LogP) is 4.10. The van der Waals surface area contributed by atoms with Crippen LogP contribution < -0.4 is 5.32 Å². The molecule has 0 aromatic heterocycles. The lowest BCUT2D eigenvalue weighted by Gasteiger charge is -2.14. The van der Waals surface area contributed by atoms with Crippen LogP contribution >= 0.6 is 23.4 Å². The van der Waals surface area contributed by atoms with Gasteiger partial charge in [-0.25, -0.2) is 12.7 Å². The molecule has 8 heteroatoms. The number of hydrogen-bond acceptors (Lipinski definition) is 4.